The molecule has 1 saturated carbocycles. The molecule has 1 fully saturated rings. The summed E-state index contributed by atoms with van der Waals surface area (Å²) in [5.41, 5.74) is 1.91. The lowest BCUT2D eigenvalue weighted by Gasteiger charge is -2.17. The van der Waals surface area contributed by atoms with Crippen LogP contribution in [0.3, 0.4) is 0 Å². The molecule has 1 aromatic carbocycles. The topological polar surface area (TPSA) is 62.0 Å². The van der Waals surface area contributed by atoms with Gasteiger partial charge in [0.1, 0.15) is 11.9 Å². The van der Waals surface area contributed by atoms with E-state index in [0.717, 1.165) is 43.6 Å². The highest BCUT2D eigenvalue weighted by Gasteiger charge is 2.26. The normalized spacial score (nSPS) is 23.6. The van der Waals surface area contributed by atoms with Crippen LogP contribution >= 0.6 is 0 Å². The van der Waals surface area contributed by atoms with Crippen molar-refractivity contribution in [3.05, 3.63) is 29.8 Å². The molecule has 0 heterocycles. The summed E-state index contributed by atoms with van der Waals surface area (Å²) in [5.74, 6) is 0.808. The Morgan fingerprint density at radius 2 is 2.05 bits per heavy atom. The van der Waals surface area contributed by atoms with E-state index in [4.69, 9.17) is 9.94 Å². The number of hydrogen-bond acceptors (Lipinski definition) is 4. The minimum absolute atomic E-state index is 0.0605. The Balaban J connectivity index is 1.87. The SMILES string of the molecule is C/C(CCc1ccc(OC2CCCC2O)cc1)=N\O. The van der Waals surface area contributed by atoms with Crippen molar-refractivity contribution >= 4 is 5.71 Å². The zero-order valence-electron chi connectivity index (χ0n) is 11.2. The van der Waals surface area contributed by atoms with Gasteiger partial charge in [0, 0.05) is 0 Å². The van der Waals surface area contributed by atoms with E-state index in [1.165, 1.54) is 5.56 Å². The standard InChI is InChI=1S/C15H21NO3/c1-11(16-18)5-6-12-7-9-13(10-8-12)19-15-4-2-3-14(15)17/h7-10,14-15,17-18H,2-6H2,1H3/b16-11+. The second kappa shape index (κ2) is 6.57. The summed E-state index contributed by atoms with van der Waals surface area (Å²) in [4.78, 5) is 0. The van der Waals surface area contributed by atoms with Gasteiger partial charge in [-0.15, -0.1) is 0 Å². The number of aliphatic hydroxyl groups excluding tert-OH is 1. The first-order chi connectivity index (χ1) is 9.19. The molecule has 2 unspecified atom stereocenters. The van der Waals surface area contributed by atoms with Crippen molar-refractivity contribution in [2.24, 2.45) is 5.16 Å². The molecule has 4 heteroatoms. The van der Waals surface area contributed by atoms with Gasteiger partial charge < -0.3 is 15.1 Å². The molecule has 0 radical (unpaired) electrons. The molecule has 2 rings (SSSR count). The highest BCUT2D eigenvalue weighted by Crippen LogP contribution is 2.25. The Bertz CT molecular complexity index is 428. The van der Waals surface area contributed by atoms with Gasteiger partial charge >= 0.3 is 0 Å². The number of nitrogens with zero attached hydrogens (tertiary/aromatic N) is 1. The van der Waals surface area contributed by atoms with Crippen LogP contribution in [0.1, 0.15) is 38.2 Å². The van der Waals surface area contributed by atoms with Crippen LogP contribution in [0.2, 0.25) is 0 Å². The Hall–Kier alpha value is -1.55. The summed E-state index contributed by atoms with van der Waals surface area (Å²) in [7, 11) is 0. The van der Waals surface area contributed by atoms with Gasteiger partial charge in [0.2, 0.25) is 0 Å². The van der Waals surface area contributed by atoms with E-state index >= 15 is 0 Å². The molecule has 104 valence electrons. The van der Waals surface area contributed by atoms with Crippen LogP contribution in [0, 0.1) is 0 Å². The summed E-state index contributed by atoms with van der Waals surface area (Å²) in [6.45, 7) is 1.80. The van der Waals surface area contributed by atoms with Crippen molar-refractivity contribution in [3.63, 3.8) is 0 Å². The summed E-state index contributed by atoms with van der Waals surface area (Å²) in [6.07, 6.45) is 4.00. The fourth-order valence-electron chi connectivity index (χ4n) is 2.33. The maximum atomic E-state index is 9.72. The van der Waals surface area contributed by atoms with E-state index in [9.17, 15) is 5.11 Å². The highest BCUT2D eigenvalue weighted by atomic mass is 16.5. The number of aliphatic hydroxyl groups is 1. The van der Waals surface area contributed by atoms with Crippen molar-refractivity contribution < 1.29 is 15.1 Å². The molecule has 2 atom stereocenters. The molecule has 1 aliphatic rings. The average molecular weight is 263 g/mol. The number of benzene rings is 1. The minimum atomic E-state index is -0.330. The quantitative estimate of drug-likeness (QED) is 0.488. The minimum Gasteiger partial charge on any atom is -0.488 e. The zero-order chi connectivity index (χ0) is 13.7. The van der Waals surface area contributed by atoms with Crippen molar-refractivity contribution in [1.29, 1.82) is 0 Å². The average Bonchev–Trinajstić information content (AvgIpc) is 2.83. The molecule has 4 nitrogen and oxygen atoms in total. The molecule has 0 aliphatic heterocycles. The van der Waals surface area contributed by atoms with E-state index in [-0.39, 0.29) is 12.2 Å². The molecule has 1 aromatic rings. The van der Waals surface area contributed by atoms with Crippen molar-refractivity contribution in [2.75, 3.05) is 0 Å². The van der Waals surface area contributed by atoms with Gasteiger partial charge in [-0.25, -0.2) is 0 Å². The lowest BCUT2D eigenvalue weighted by atomic mass is 10.1. The van der Waals surface area contributed by atoms with E-state index in [1.807, 2.05) is 24.3 Å². The summed E-state index contributed by atoms with van der Waals surface area (Å²) in [6, 6.07) is 7.90. The van der Waals surface area contributed by atoms with Gasteiger partial charge in [-0.1, -0.05) is 17.3 Å². The van der Waals surface area contributed by atoms with Gasteiger partial charge in [0.15, 0.2) is 0 Å². The number of aryl methyl sites for hydroxylation is 1. The van der Waals surface area contributed by atoms with Crippen LogP contribution in [0.25, 0.3) is 0 Å². The first kappa shape index (κ1) is 13.9. The molecule has 0 saturated heterocycles. The monoisotopic (exact) mass is 263 g/mol. The Morgan fingerprint density at radius 1 is 1.32 bits per heavy atom. The smallest absolute Gasteiger partial charge is 0.124 e. The fourth-order valence-corrected chi connectivity index (χ4v) is 2.33. The van der Waals surface area contributed by atoms with Crippen molar-refractivity contribution in [3.8, 4) is 5.75 Å². The highest BCUT2D eigenvalue weighted by molar-refractivity contribution is 5.81. The van der Waals surface area contributed by atoms with E-state index in [2.05, 4.69) is 5.16 Å². The Kier molecular flexibility index (Phi) is 4.80. The van der Waals surface area contributed by atoms with Gasteiger partial charge in [-0.2, -0.15) is 0 Å². The van der Waals surface area contributed by atoms with Crippen LogP contribution in [-0.2, 0) is 6.42 Å². The summed E-state index contributed by atoms with van der Waals surface area (Å²) < 4.78 is 5.78. The molecule has 0 amide bonds. The van der Waals surface area contributed by atoms with E-state index in [1.54, 1.807) is 6.92 Å². The van der Waals surface area contributed by atoms with Gasteiger partial charge in [0.25, 0.3) is 0 Å². The molecule has 0 bridgehead atoms. The first-order valence-corrected chi connectivity index (χ1v) is 6.80. The van der Waals surface area contributed by atoms with E-state index < -0.39 is 0 Å². The Morgan fingerprint density at radius 3 is 2.63 bits per heavy atom. The van der Waals surface area contributed by atoms with Crippen molar-refractivity contribution in [1.82, 2.24) is 0 Å². The second-order valence-corrected chi connectivity index (χ2v) is 5.13. The fraction of sp³-hybridized carbons (Fsp3) is 0.533. The lowest BCUT2D eigenvalue weighted by Crippen LogP contribution is -2.25. The second-order valence-electron chi connectivity index (χ2n) is 5.13. The predicted molar refractivity (Wildman–Crippen MR) is 73.9 cm³/mol. The molecule has 1 aliphatic carbocycles. The van der Waals surface area contributed by atoms with Crippen LogP contribution in [0.15, 0.2) is 29.4 Å². The number of rotatable bonds is 5. The molecule has 19 heavy (non-hydrogen) atoms. The molecule has 2 N–H and O–H groups in total. The van der Waals surface area contributed by atoms with Crippen LogP contribution < -0.4 is 4.74 Å². The third kappa shape index (κ3) is 3.96. The lowest BCUT2D eigenvalue weighted by molar-refractivity contribution is 0.0604. The Labute approximate surface area is 113 Å². The van der Waals surface area contributed by atoms with E-state index in [0.29, 0.717) is 0 Å². The zero-order valence-corrected chi connectivity index (χ0v) is 11.2. The van der Waals surface area contributed by atoms with Crippen LogP contribution in [0.5, 0.6) is 5.75 Å². The predicted octanol–water partition coefficient (Wildman–Crippen LogP) is 2.76. The third-order valence-corrected chi connectivity index (χ3v) is 3.57. The summed E-state index contributed by atoms with van der Waals surface area (Å²) >= 11 is 0. The largest absolute Gasteiger partial charge is 0.488 e. The molecule has 0 spiro atoms. The van der Waals surface area contributed by atoms with Crippen molar-refractivity contribution in [2.45, 2.75) is 51.2 Å². The maximum absolute atomic E-state index is 9.72. The van der Waals surface area contributed by atoms with Crippen LogP contribution in [-0.4, -0.2) is 28.2 Å². The first-order valence-electron chi connectivity index (χ1n) is 6.80. The number of hydrogen-bond donors (Lipinski definition) is 2. The van der Waals surface area contributed by atoms with Gasteiger partial charge in [0.05, 0.1) is 11.8 Å². The van der Waals surface area contributed by atoms with Gasteiger partial charge in [-0.3, -0.25) is 0 Å². The van der Waals surface area contributed by atoms with Crippen LogP contribution in [0.4, 0.5) is 0 Å². The number of oxime groups is 1. The summed E-state index contributed by atoms with van der Waals surface area (Å²) in [5, 5.41) is 21.5. The third-order valence-electron chi connectivity index (χ3n) is 3.57. The maximum Gasteiger partial charge on any atom is 0.124 e. The molecular weight excluding hydrogens is 242 g/mol. The molecule has 0 aromatic heterocycles. The molecular formula is C15H21NO3. The van der Waals surface area contributed by atoms with Gasteiger partial charge in [-0.05, 0) is 56.7 Å². The number of ether oxygens (including phenoxy) is 1.